The lowest BCUT2D eigenvalue weighted by molar-refractivity contribution is -0.149. The maximum atomic E-state index is 12.8. The van der Waals surface area contributed by atoms with Gasteiger partial charge in [0.1, 0.15) is 17.9 Å². The smallest absolute Gasteiger partial charge is 0.336 e. The summed E-state index contributed by atoms with van der Waals surface area (Å²) in [5.74, 6) is -0.621. The molecule has 1 aromatic heterocycles. The molecule has 2 aromatic carbocycles. The monoisotopic (exact) mass is 433 g/mol. The minimum Gasteiger partial charge on any atom is -0.495 e. The van der Waals surface area contributed by atoms with Gasteiger partial charge in [0.25, 0.3) is 0 Å². The van der Waals surface area contributed by atoms with Gasteiger partial charge in [0.15, 0.2) is 0 Å². The third-order valence-corrected chi connectivity index (χ3v) is 6.25. The molecule has 7 nitrogen and oxygen atoms in total. The Morgan fingerprint density at radius 2 is 1.91 bits per heavy atom. The van der Waals surface area contributed by atoms with Crippen molar-refractivity contribution in [1.29, 1.82) is 0 Å². The molecule has 1 aliphatic heterocycles. The van der Waals surface area contributed by atoms with Gasteiger partial charge in [-0.3, -0.25) is 9.59 Å². The molecule has 0 saturated carbocycles. The number of esters is 1. The Labute approximate surface area is 184 Å². The molecular formula is C25H23NO6. The van der Waals surface area contributed by atoms with Crippen LogP contribution in [0.1, 0.15) is 29.5 Å². The first-order chi connectivity index (χ1) is 15.5. The highest BCUT2D eigenvalue weighted by molar-refractivity contribution is 6.00. The molecule has 164 valence electrons. The Morgan fingerprint density at radius 1 is 1.12 bits per heavy atom. The molecule has 1 atom stereocenters. The largest absolute Gasteiger partial charge is 0.495 e. The maximum Gasteiger partial charge on any atom is 0.336 e. The van der Waals surface area contributed by atoms with E-state index in [0.717, 1.165) is 24.6 Å². The molecule has 1 fully saturated rings. The number of carbonyl (C=O) groups excluding carboxylic acids is 2. The van der Waals surface area contributed by atoms with Crippen molar-refractivity contribution in [2.45, 2.75) is 32.3 Å². The number of amides is 1. The number of anilines is 1. The highest BCUT2D eigenvalue weighted by atomic mass is 16.5. The molecule has 7 heteroatoms. The predicted octanol–water partition coefficient (Wildman–Crippen LogP) is 3.39. The average Bonchev–Trinajstić information content (AvgIpc) is 3.41. The summed E-state index contributed by atoms with van der Waals surface area (Å²) in [5, 5.41) is 0.788. The number of benzene rings is 2. The molecule has 1 saturated heterocycles. The lowest BCUT2D eigenvalue weighted by Crippen LogP contribution is -2.26. The lowest BCUT2D eigenvalue weighted by Gasteiger charge is -2.19. The zero-order chi connectivity index (χ0) is 22.2. The fourth-order valence-electron chi connectivity index (χ4n) is 4.63. The molecule has 32 heavy (non-hydrogen) atoms. The second kappa shape index (κ2) is 8.15. The standard InChI is InChI=1S/C25H23NO6/c1-30-21-8-3-2-7-20(21)26-13-17(11-23(26)27)25(29)31-14-18-12-24(28)32-22-10-16-6-4-5-15(16)9-19(18)22/h2-3,7-10,12,17H,4-6,11,13-14H2,1H3. The van der Waals surface area contributed by atoms with Gasteiger partial charge in [-0.25, -0.2) is 4.79 Å². The van der Waals surface area contributed by atoms with Crippen molar-refractivity contribution >= 4 is 28.5 Å². The Balaban J connectivity index is 1.33. The van der Waals surface area contributed by atoms with Crippen LogP contribution in [-0.2, 0) is 33.8 Å². The molecule has 1 amide bonds. The number of para-hydroxylation sites is 2. The second-order valence-electron chi connectivity index (χ2n) is 8.25. The molecule has 1 aliphatic carbocycles. The second-order valence-corrected chi connectivity index (χ2v) is 8.25. The number of nitrogens with zero attached hydrogens (tertiary/aromatic N) is 1. The van der Waals surface area contributed by atoms with E-state index in [1.54, 1.807) is 24.1 Å². The maximum absolute atomic E-state index is 12.8. The van der Waals surface area contributed by atoms with E-state index in [2.05, 4.69) is 0 Å². The highest BCUT2D eigenvalue weighted by Gasteiger charge is 2.37. The summed E-state index contributed by atoms with van der Waals surface area (Å²) in [7, 11) is 1.54. The van der Waals surface area contributed by atoms with Gasteiger partial charge in [0.05, 0.1) is 18.7 Å². The summed E-state index contributed by atoms with van der Waals surface area (Å²) in [6, 6.07) is 12.5. The van der Waals surface area contributed by atoms with Crippen LogP contribution >= 0.6 is 0 Å². The van der Waals surface area contributed by atoms with Crippen molar-refractivity contribution in [2.75, 3.05) is 18.6 Å². The van der Waals surface area contributed by atoms with E-state index < -0.39 is 17.5 Å². The number of aryl methyl sites for hydroxylation is 2. The number of rotatable bonds is 5. The predicted molar refractivity (Wildman–Crippen MR) is 118 cm³/mol. The Kier molecular flexibility index (Phi) is 5.17. The number of ether oxygens (including phenoxy) is 2. The van der Waals surface area contributed by atoms with E-state index in [4.69, 9.17) is 13.9 Å². The Bertz CT molecular complexity index is 1280. The number of methoxy groups -OCH3 is 1. The van der Waals surface area contributed by atoms with E-state index in [9.17, 15) is 14.4 Å². The van der Waals surface area contributed by atoms with E-state index in [-0.39, 0.29) is 25.5 Å². The van der Waals surface area contributed by atoms with Crippen LogP contribution in [0.2, 0.25) is 0 Å². The first kappa shape index (κ1) is 20.3. The van der Waals surface area contributed by atoms with E-state index in [1.165, 1.54) is 17.2 Å². The molecule has 0 radical (unpaired) electrons. The minimum absolute atomic E-state index is 0.0426. The number of hydrogen-bond donors (Lipinski definition) is 0. The minimum atomic E-state index is -0.581. The van der Waals surface area contributed by atoms with Gasteiger partial charge in [-0.15, -0.1) is 0 Å². The zero-order valence-corrected chi connectivity index (χ0v) is 17.8. The molecule has 0 spiro atoms. The molecule has 0 N–H and O–H groups in total. The SMILES string of the molecule is COc1ccccc1N1CC(C(=O)OCc2cc(=O)oc3cc4c(cc23)CCC4)CC1=O. The van der Waals surface area contributed by atoms with Crippen LogP contribution in [0.4, 0.5) is 5.69 Å². The summed E-state index contributed by atoms with van der Waals surface area (Å²) >= 11 is 0. The third kappa shape index (κ3) is 3.64. The average molecular weight is 433 g/mol. The Hall–Kier alpha value is -3.61. The van der Waals surface area contributed by atoms with Crippen LogP contribution < -0.4 is 15.3 Å². The molecule has 5 rings (SSSR count). The van der Waals surface area contributed by atoms with E-state index in [1.807, 2.05) is 24.3 Å². The number of carbonyl (C=O) groups is 2. The molecule has 0 bridgehead atoms. The van der Waals surface area contributed by atoms with Gasteiger partial charge >= 0.3 is 11.6 Å². The summed E-state index contributed by atoms with van der Waals surface area (Å²) in [4.78, 5) is 38.9. The summed E-state index contributed by atoms with van der Waals surface area (Å²) in [6.07, 6.45) is 3.12. The van der Waals surface area contributed by atoms with Gasteiger partial charge in [-0.1, -0.05) is 12.1 Å². The van der Waals surface area contributed by atoms with Crippen molar-refractivity contribution in [1.82, 2.24) is 0 Å². The number of fused-ring (bicyclic) bond motifs is 2. The first-order valence-electron chi connectivity index (χ1n) is 10.7. The fraction of sp³-hybridized carbons (Fsp3) is 0.320. The van der Waals surface area contributed by atoms with Crippen LogP contribution in [0.15, 0.2) is 51.7 Å². The zero-order valence-electron chi connectivity index (χ0n) is 17.8. The van der Waals surface area contributed by atoms with Crippen molar-refractivity contribution in [3.05, 3.63) is 69.6 Å². The third-order valence-electron chi connectivity index (χ3n) is 6.25. The van der Waals surface area contributed by atoms with Gasteiger partial charge in [-0.2, -0.15) is 0 Å². The summed E-state index contributed by atoms with van der Waals surface area (Å²) in [5.41, 5.74) is 3.74. The van der Waals surface area contributed by atoms with Crippen molar-refractivity contribution in [2.24, 2.45) is 5.92 Å². The van der Waals surface area contributed by atoms with Crippen molar-refractivity contribution < 1.29 is 23.5 Å². The molecule has 3 aromatic rings. The van der Waals surface area contributed by atoms with Crippen molar-refractivity contribution in [3.63, 3.8) is 0 Å². The lowest BCUT2D eigenvalue weighted by atomic mass is 10.0. The molecule has 2 aliphatic rings. The normalized spacial score (nSPS) is 17.6. The molecule has 2 heterocycles. The van der Waals surface area contributed by atoms with E-state index >= 15 is 0 Å². The van der Waals surface area contributed by atoms with Crippen LogP contribution in [0, 0.1) is 5.92 Å². The van der Waals surface area contributed by atoms with E-state index in [0.29, 0.717) is 22.6 Å². The van der Waals surface area contributed by atoms with Crippen LogP contribution in [0.25, 0.3) is 11.0 Å². The van der Waals surface area contributed by atoms with Crippen molar-refractivity contribution in [3.8, 4) is 5.75 Å². The van der Waals surface area contributed by atoms with Crippen LogP contribution in [0.5, 0.6) is 5.75 Å². The quantitative estimate of drug-likeness (QED) is 0.453. The molecule has 1 unspecified atom stereocenters. The van der Waals surface area contributed by atoms with Crippen LogP contribution in [-0.4, -0.2) is 25.5 Å². The fourth-order valence-corrected chi connectivity index (χ4v) is 4.63. The molecular weight excluding hydrogens is 410 g/mol. The topological polar surface area (TPSA) is 86.0 Å². The van der Waals surface area contributed by atoms with Gasteiger partial charge in [0.2, 0.25) is 5.91 Å². The highest BCUT2D eigenvalue weighted by Crippen LogP contribution is 2.33. The van der Waals surface area contributed by atoms with Crippen LogP contribution in [0.3, 0.4) is 0 Å². The van der Waals surface area contributed by atoms with Gasteiger partial charge < -0.3 is 18.8 Å². The summed E-state index contributed by atoms with van der Waals surface area (Å²) < 4.78 is 16.3. The van der Waals surface area contributed by atoms with Gasteiger partial charge in [-0.05, 0) is 54.7 Å². The van der Waals surface area contributed by atoms with Gasteiger partial charge in [0, 0.05) is 30.0 Å². The Morgan fingerprint density at radius 3 is 2.72 bits per heavy atom. The first-order valence-corrected chi connectivity index (χ1v) is 10.7. The number of hydrogen-bond acceptors (Lipinski definition) is 6. The summed E-state index contributed by atoms with van der Waals surface area (Å²) in [6.45, 7) is 0.183.